The van der Waals surface area contributed by atoms with E-state index in [-0.39, 0.29) is 18.4 Å². The number of nitrogens with zero attached hydrogens (tertiary/aromatic N) is 1. The van der Waals surface area contributed by atoms with Crippen LogP contribution in [0.2, 0.25) is 0 Å². The lowest BCUT2D eigenvalue weighted by Gasteiger charge is -2.58. The second-order valence-electron chi connectivity index (χ2n) is 11.0. The van der Waals surface area contributed by atoms with Crippen LogP contribution >= 0.6 is 0 Å². The van der Waals surface area contributed by atoms with Gasteiger partial charge >= 0.3 is 5.97 Å². The standard InChI is InChI=1S/C28H35NO5/c1-18-10-24(19(2)29(18)9-8-20-4-6-23(33-3)7-5-20)25(30)16-34-26(31)27-12-21-11-22(13-27)15-28(32,14-21)17-27/h4-7,10,21-22,32H,8-9,11-17H2,1-3H3/t21-,22-,27?,28?/m1/s1. The number of aryl methyl sites for hydroxylation is 2. The molecule has 4 fully saturated rings. The fraction of sp³-hybridized carbons (Fsp3) is 0.571. The summed E-state index contributed by atoms with van der Waals surface area (Å²) in [6, 6.07) is 9.92. The normalized spacial score (nSPS) is 29.3. The first-order chi connectivity index (χ1) is 16.2. The molecule has 2 aromatic rings. The third-order valence-corrected chi connectivity index (χ3v) is 8.45. The van der Waals surface area contributed by atoms with Crippen molar-refractivity contribution in [3.05, 3.63) is 52.8 Å². The third kappa shape index (κ3) is 4.17. The van der Waals surface area contributed by atoms with Crippen molar-refractivity contribution in [1.29, 1.82) is 0 Å². The molecule has 6 rings (SSSR count). The maximum Gasteiger partial charge on any atom is 0.312 e. The van der Waals surface area contributed by atoms with Crippen molar-refractivity contribution in [3.63, 3.8) is 0 Å². The van der Waals surface area contributed by atoms with E-state index in [0.717, 1.165) is 62.2 Å². The van der Waals surface area contributed by atoms with Crippen molar-refractivity contribution >= 4 is 11.8 Å². The van der Waals surface area contributed by atoms with Crippen molar-refractivity contribution in [3.8, 4) is 5.75 Å². The second kappa shape index (κ2) is 8.56. The van der Waals surface area contributed by atoms with Gasteiger partial charge in [0, 0.05) is 23.5 Å². The van der Waals surface area contributed by atoms with Crippen LogP contribution in [0.25, 0.3) is 0 Å². The summed E-state index contributed by atoms with van der Waals surface area (Å²) in [6.45, 7) is 4.48. The van der Waals surface area contributed by atoms with Gasteiger partial charge in [-0.15, -0.1) is 0 Å². The van der Waals surface area contributed by atoms with Crippen LogP contribution in [0.5, 0.6) is 5.75 Å². The molecule has 4 bridgehead atoms. The highest BCUT2D eigenvalue weighted by atomic mass is 16.5. The van der Waals surface area contributed by atoms with E-state index in [9.17, 15) is 14.7 Å². The molecule has 0 unspecified atom stereocenters. The molecule has 182 valence electrons. The first-order valence-corrected chi connectivity index (χ1v) is 12.4. The van der Waals surface area contributed by atoms with Crippen molar-refractivity contribution in [2.45, 2.75) is 70.9 Å². The molecule has 6 heteroatoms. The molecule has 4 saturated carbocycles. The number of methoxy groups -OCH3 is 1. The Kier molecular flexibility index (Phi) is 5.83. The van der Waals surface area contributed by atoms with Crippen molar-refractivity contribution in [1.82, 2.24) is 4.57 Å². The van der Waals surface area contributed by atoms with Crippen LogP contribution in [-0.4, -0.2) is 40.7 Å². The van der Waals surface area contributed by atoms with E-state index < -0.39 is 11.0 Å². The summed E-state index contributed by atoms with van der Waals surface area (Å²) in [7, 11) is 1.66. The molecule has 4 aliphatic rings. The van der Waals surface area contributed by atoms with E-state index in [1.165, 1.54) is 5.56 Å². The van der Waals surface area contributed by atoms with Gasteiger partial charge in [0.05, 0.1) is 18.1 Å². The predicted molar refractivity (Wildman–Crippen MR) is 128 cm³/mol. The highest BCUT2D eigenvalue weighted by Gasteiger charge is 2.60. The number of ketones is 1. The smallest absolute Gasteiger partial charge is 0.312 e. The number of aliphatic hydroxyl groups is 1. The first kappa shape index (κ1) is 23.2. The minimum atomic E-state index is -0.720. The van der Waals surface area contributed by atoms with Crippen LogP contribution in [0.3, 0.4) is 0 Å². The number of carbonyl (C=O) groups is 2. The van der Waals surface area contributed by atoms with Crippen LogP contribution in [0.4, 0.5) is 0 Å². The summed E-state index contributed by atoms with van der Waals surface area (Å²) in [5.74, 6) is 1.18. The van der Waals surface area contributed by atoms with Gasteiger partial charge in [-0.2, -0.15) is 0 Å². The minimum absolute atomic E-state index is 0.166. The number of carbonyl (C=O) groups excluding carboxylic acids is 2. The molecule has 0 aliphatic heterocycles. The van der Waals surface area contributed by atoms with Gasteiger partial charge in [-0.05, 0) is 94.4 Å². The van der Waals surface area contributed by atoms with Gasteiger partial charge in [-0.3, -0.25) is 9.59 Å². The van der Waals surface area contributed by atoms with E-state index in [0.29, 0.717) is 23.8 Å². The monoisotopic (exact) mass is 465 g/mol. The molecule has 0 amide bonds. The minimum Gasteiger partial charge on any atom is -0.497 e. The maximum absolute atomic E-state index is 13.1. The summed E-state index contributed by atoms with van der Waals surface area (Å²) in [6.07, 6.45) is 5.63. The maximum atomic E-state index is 13.1. The number of rotatable bonds is 8. The third-order valence-electron chi connectivity index (χ3n) is 8.45. The molecule has 0 radical (unpaired) electrons. The van der Waals surface area contributed by atoms with Gasteiger partial charge in [-0.1, -0.05) is 12.1 Å². The van der Waals surface area contributed by atoms with E-state index in [4.69, 9.17) is 9.47 Å². The van der Waals surface area contributed by atoms with Crippen molar-refractivity contribution < 1.29 is 24.2 Å². The molecular weight excluding hydrogens is 430 g/mol. The number of hydrogen-bond acceptors (Lipinski definition) is 5. The molecule has 1 aromatic carbocycles. The summed E-state index contributed by atoms with van der Waals surface area (Å²) >= 11 is 0. The number of esters is 1. The van der Waals surface area contributed by atoms with E-state index in [1.54, 1.807) is 7.11 Å². The highest BCUT2D eigenvalue weighted by Crippen LogP contribution is 2.62. The fourth-order valence-electron chi connectivity index (χ4n) is 7.28. The zero-order valence-corrected chi connectivity index (χ0v) is 20.4. The molecule has 4 aliphatic carbocycles. The van der Waals surface area contributed by atoms with Gasteiger partial charge in [0.25, 0.3) is 0 Å². The Hall–Kier alpha value is -2.60. The summed E-state index contributed by atoms with van der Waals surface area (Å²) < 4.78 is 13.0. The molecule has 0 saturated heterocycles. The molecule has 1 heterocycles. The van der Waals surface area contributed by atoms with Crippen LogP contribution in [0.1, 0.15) is 65.8 Å². The number of benzene rings is 1. The van der Waals surface area contributed by atoms with Crippen molar-refractivity contribution in [2.75, 3.05) is 13.7 Å². The lowest BCUT2D eigenvalue weighted by Crippen LogP contribution is -2.58. The van der Waals surface area contributed by atoms with E-state index in [1.807, 2.05) is 32.0 Å². The number of aromatic nitrogens is 1. The number of hydrogen-bond donors (Lipinski definition) is 1. The van der Waals surface area contributed by atoms with Crippen LogP contribution < -0.4 is 4.74 Å². The van der Waals surface area contributed by atoms with Gasteiger partial charge in [-0.25, -0.2) is 0 Å². The Balaban J connectivity index is 1.22. The fourth-order valence-corrected chi connectivity index (χ4v) is 7.28. The Morgan fingerprint density at radius 1 is 1.09 bits per heavy atom. The van der Waals surface area contributed by atoms with Crippen LogP contribution in [0, 0.1) is 31.1 Å². The number of Topliss-reactive ketones (excluding diaryl/α,β-unsaturated/α-hetero) is 1. The quantitative estimate of drug-likeness (QED) is 0.461. The first-order valence-electron chi connectivity index (χ1n) is 12.4. The summed E-state index contributed by atoms with van der Waals surface area (Å²) in [4.78, 5) is 26.2. The summed E-state index contributed by atoms with van der Waals surface area (Å²) in [5, 5.41) is 10.9. The molecule has 34 heavy (non-hydrogen) atoms. The van der Waals surface area contributed by atoms with Crippen LogP contribution in [-0.2, 0) is 22.5 Å². The van der Waals surface area contributed by atoms with E-state index >= 15 is 0 Å². The molecular formula is C28H35NO5. The molecule has 6 nitrogen and oxygen atoms in total. The Morgan fingerprint density at radius 3 is 2.38 bits per heavy atom. The summed E-state index contributed by atoms with van der Waals surface area (Å²) in [5.41, 5.74) is 2.41. The van der Waals surface area contributed by atoms with Gasteiger partial charge < -0.3 is 19.1 Å². The average molecular weight is 466 g/mol. The zero-order valence-electron chi connectivity index (χ0n) is 20.4. The highest BCUT2D eigenvalue weighted by molar-refractivity contribution is 5.99. The second-order valence-corrected chi connectivity index (χ2v) is 11.0. The van der Waals surface area contributed by atoms with Gasteiger partial charge in [0.2, 0.25) is 5.78 Å². The molecule has 1 aromatic heterocycles. The predicted octanol–water partition coefficient (Wildman–Crippen LogP) is 4.41. The van der Waals surface area contributed by atoms with Crippen molar-refractivity contribution in [2.24, 2.45) is 17.3 Å². The number of ether oxygens (including phenoxy) is 2. The molecule has 2 atom stereocenters. The van der Waals surface area contributed by atoms with Crippen LogP contribution in [0.15, 0.2) is 30.3 Å². The lowest BCUT2D eigenvalue weighted by molar-refractivity contribution is -0.195. The largest absolute Gasteiger partial charge is 0.497 e. The Labute approximate surface area is 201 Å². The lowest BCUT2D eigenvalue weighted by atomic mass is 9.48. The molecule has 0 spiro atoms. The van der Waals surface area contributed by atoms with E-state index in [2.05, 4.69) is 16.7 Å². The van der Waals surface area contributed by atoms with Gasteiger partial charge in [0.1, 0.15) is 5.75 Å². The Bertz CT molecular complexity index is 1080. The SMILES string of the molecule is COc1ccc(CCn2c(C)cc(C(=O)COC(=O)C34C[C@H]5C[C@@H](CC(O)(C5)C3)C4)c2C)cc1. The Morgan fingerprint density at radius 2 is 1.76 bits per heavy atom. The van der Waals surface area contributed by atoms with Gasteiger partial charge in [0.15, 0.2) is 6.61 Å². The topological polar surface area (TPSA) is 77.8 Å². The zero-order chi connectivity index (χ0) is 24.1. The molecule has 1 N–H and O–H groups in total. The average Bonchev–Trinajstić information content (AvgIpc) is 3.07.